The van der Waals surface area contributed by atoms with Crippen molar-refractivity contribution >= 4 is 11.4 Å². The summed E-state index contributed by atoms with van der Waals surface area (Å²) in [5.41, 5.74) is 15.2. The van der Waals surface area contributed by atoms with Crippen LogP contribution in [0.4, 0.5) is 11.4 Å². The van der Waals surface area contributed by atoms with E-state index in [1.54, 1.807) is 48.5 Å². The molecule has 0 bridgehead atoms. The Morgan fingerprint density at radius 1 is 0.625 bits per heavy atom. The Labute approximate surface area is 138 Å². The summed E-state index contributed by atoms with van der Waals surface area (Å²) >= 11 is 0. The lowest BCUT2D eigenvalue weighted by Gasteiger charge is -2.10. The molecule has 1 heterocycles. The fraction of sp³-hybridized carbons (Fsp3) is 0. The molecule has 6 heteroatoms. The van der Waals surface area contributed by atoms with E-state index in [1.807, 2.05) is 12.1 Å². The van der Waals surface area contributed by atoms with Gasteiger partial charge in [0.1, 0.15) is 12.1 Å². The van der Waals surface area contributed by atoms with Gasteiger partial charge in [0.25, 0.3) is 0 Å². The van der Waals surface area contributed by atoms with Crippen molar-refractivity contribution in [2.45, 2.75) is 0 Å². The largest absolute Gasteiger partial charge is 0.399 e. The van der Waals surface area contributed by atoms with Crippen LogP contribution in [-0.4, -0.2) is 9.97 Å². The summed E-state index contributed by atoms with van der Waals surface area (Å²) in [5.74, 6) is 0. The minimum Gasteiger partial charge on any atom is -0.399 e. The van der Waals surface area contributed by atoms with Crippen molar-refractivity contribution in [3.05, 3.63) is 59.9 Å². The van der Waals surface area contributed by atoms with Gasteiger partial charge in [0.05, 0.1) is 11.4 Å². The Bertz CT molecular complexity index is 894. The number of nitriles is 2. The van der Waals surface area contributed by atoms with Crippen LogP contribution in [0.1, 0.15) is 11.4 Å². The number of hydrogen-bond acceptors (Lipinski definition) is 6. The predicted molar refractivity (Wildman–Crippen MR) is 91.2 cm³/mol. The maximum atomic E-state index is 9.22. The molecule has 0 aliphatic carbocycles. The van der Waals surface area contributed by atoms with E-state index in [-0.39, 0.29) is 11.4 Å². The van der Waals surface area contributed by atoms with E-state index in [0.717, 1.165) is 11.1 Å². The van der Waals surface area contributed by atoms with E-state index in [9.17, 15) is 10.5 Å². The molecule has 0 spiro atoms. The van der Waals surface area contributed by atoms with Gasteiger partial charge in [-0.1, -0.05) is 24.3 Å². The van der Waals surface area contributed by atoms with Crippen LogP contribution in [0.15, 0.2) is 48.5 Å². The molecule has 0 fully saturated rings. The highest BCUT2D eigenvalue weighted by Gasteiger charge is 2.16. The van der Waals surface area contributed by atoms with Crippen molar-refractivity contribution in [2.75, 3.05) is 11.5 Å². The van der Waals surface area contributed by atoms with Gasteiger partial charge in [0, 0.05) is 22.5 Å². The average Bonchev–Trinajstić information content (AvgIpc) is 2.62. The van der Waals surface area contributed by atoms with Crippen LogP contribution in [0.25, 0.3) is 22.5 Å². The lowest BCUT2D eigenvalue weighted by molar-refractivity contribution is 1.14. The molecule has 0 unspecified atom stereocenters. The number of nitrogen functional groups attached to an aromatic ring is 2. The van der Waals surface area contributed by atoms with Crippen LogP contribution in [0, 0.1) is 22.7 Å². The highest BCUT2D eigenvalue weighted by Crippen LogP contribution is 2.30. The zero-order valence-corrected chi connectivity index (χ0v) is 12.6. The summed E-state index contributed by atoms with van der Waals surface area (Å²) in [7, 11) is 0. The summed E-state index contributed by atoms with van der Waals surface area (Å²) in [6.45, 7) is 0. The molecule has 3 rings (SSSR count). The first-order valence-corrected chi connectivity index (χ1v) is 7.06. The van der Waals surface area contributed by atoms with Gasteiger partial charge in [-0.25, -0.2) is 9.97 Å². The van der Waals surface area contributed by atoms with Gasteiger partial charge >= 0.3 is 0 Å². The first-order chi connectivity index (χ1) is 11.6. The maximum absolute atomic E-state index is 9.22. The Balaban J connectivity index is 2.29. The molecule has 0 aliphatic rings. The van der Waals surface area contributed by atoms with Gasteiger partial charge in [-0.05, 0) is 24.3 Å². The molecule has 0 saturated heterocycles. The molecule has 4 N–H and O–H groups in total. The van der Waals surface area contributed by atoms with Crippen molar-refractivity contribution in [2.24, 2.45) is 0 Å². The molecular formula is C18H12N6. The average molecular weight is 312 g/mol. The van der Waals surface area contributed by atoms with E-state index in [4.69, 9.17) is 11.5 Å². The molecule has 24 heavy (non-hydrogen) atoms. The highest BCUT2D eigenvalue weighted by molar-refractivity contribution is 5.79. The fourth-order valence-electron chi connectivity index (χ4n) is 2.28. The smallest absolute Gasteiger partial charge is 0.177 e. The molecule has 3 aromatic rings. The molecule has 0 amide bonds. The lowest BCUT2D eigenvalue weighted by Crippen LogP contribution is -2.01. The van der Waals surface area contributed by atoms with Gasteiger partial charge < -0.3 is 11.5 Å². The minimum atomic E-state index is -0.0106. The molecule has 2 aromatic carbocycles. The molecule has 114 valence electrons. The van der Waals surface area contributed by atoms with Crippen molar-refractivity contribution in [3.63, 3.8) is 0 Å². The second-order valence-electron chi connectivity index (χ2n) is 5.09. The summed E-state index contributed by atoms with van der Waals surface area (Å²) in [5, 5.41) is 18.4. The summed E-state index contributed by atoms with van der Waals surface area (Å²) in [6.07, 6.45) is 0. The van der Waals surface area contributed by atoms with Crippen molar-refractivity contribution < 1.29 is 0 Å². The van der Waals surface area contributed by atoms with Crippen molar-refractivity contribution in [3.8, 4) is 34.7 Å². The predicted octanol–water partition coefficient (Wildman–Crippen LogP) is 2.72. The van der Waals surface area contributed by atoms with E-state index in [0.29, 0.717) is 22.8 Å². The third-order valence-corrected chi connectivity index (χ3v) is 3.48. The van der Waals surface area contributed by atoms with Crippen LogP contribution in [-0.2, 0) is 0 Å². The van der Waals surface area contributed by atoms with E-state index < -0.39 is 0 Å². The van der Waals surface area contributed by atoms with Gasteiger partial charge in [-0.2, -0.15) is 10.5 Å². The van der Waals surface area contributed by atoms with Crippen LogP contribution in [0.2, 0.25) is 0 Å². The number of nitrogens with two attached hydrogens (primary N) is 2. The zero-order valence-electron chi connectivity index (χ0n) is 12.6. The van der Waals surface area contributed by atoms with Gasteiger partial charge in [-0.3, -0.25) is 0 Å². The monoisotopic (exact) mass is 312 g/mol. The number of benzene rings is 2. The topological polar surface area (TPSA) is 125 Å². The Kier molecular flexibility index (Phi) is 3.80. The molecule has 0 atom stereocenters. The number of anilines is 2. The quantitative estimate of drug-likeness (QED) is 0.701. The first kappa shape index (κ1) is 15.0. The van der Waals surface area contributed by atoms with Crippen LogP contribution >= 0.6 is 0 Å². The van der Waals surface area contributed by atoms with E-state index in [1.165, 1.54) is 0 Å². The Morgan fingerprint density at radius 3 is 1.25 bits per heavy atom. The standard InChI is InChI=1S/C18H12N6/c19-9-15-16(10-20)24-18(12-3-7-14(22)8-4-12)17(23-15)11-1-5-13(21)6-2-11/h1-8H,21-22H2. The van der Waals surface area contributed by atoms with Crippen LogP contribution in [0.3, 0.4) is 0 Å². The molecular weight excluding hydrogens is 300 g/mol. The third kappa shape index (κ3) is 2.72. The van der Waals surface area contributed by atoms with Gasteiger partial charge in [-0.15, -0.1) is 0 Å². The maximum Gasteiger partial charge on any atom is 0.177 e. The molecule has 0 saturated carbocycles. The second-order valence-corrected chi connectivity index (χ2v) is 5.09. The Hall–Kier alpha value is -3.90. The molecule has 0 radical (unpaired) electrons. The molecule has 6 nitrogen and oxygen atoms in total. The number of nitrogens with zero attached hydrogens (tertiary/aromatic N) is 4. The highest BCUT2D eigenvalue weighted by atomic mass is 14.9. The summed E-state index contributed by atoms with van der Waals surface area (Å²) in [6, 6.07) is 18.0. The van der Waals surface area contributed by atoms with E-state index in [2.05, 4.69) is 9.97 Å². The Morgan fingerprint density at radius 2 is 0.958 bits per heavy atom. The van der Waals surface area contributed by atoms with Gasteiger partial charge in [0.2, 0.25) is 0 Å². The number of hydrogen-bond donors (Lipinski definition) is 2. The fourth-order valence-corrected chi connectivity index (χ4v) is 2.28. The minimum absolute atomic E-state index is 0.0106. The lowest BCUT2D eigenvalue weighted by atomic mass is 10.0. The van der Waals surface area contributed by atoms with E-state index >= 15 is 0 Å². The second kappa shape index (κ2) is 6.07. The van der Waals surface area contributed by atoms with Crippen LogP contribution < -0.4 is 11.5 Å². The summed E-state index contributed by atoms with van der Waals surface area (Å²) in [4.78, 5) is 8.69. The number of aromatic nitrogens is 2. The normalized spacial score (nSPS) is 9.92. The molecule has 0 aliphatic heterocycles. The first-order valence-electron chi connectivity index (χ1n) is 7.06. The van der Waals surface area contributed by atoms with Crippen molar-refractivity contribution in [1.29, 1.82) is 10.5 Å². The SMILES string of the molecule is N#Cc1nc(-c2ccc(N)cc2)c(-c2ccc(N)cc2)nc1C#N. The molecule has 1 aromatic heterocycles. The van der Waals surface area contributed by atoms with Crippen molar-refractivity contribution in [1.82, 2.24) is 9.97 Å². The van der Waals surface area contributed by atoms with Gasteiger partial charge in [0.15, 0.2) is 11.4 Å². The number of rotatable bonds is 2. The zero-order chi connectivity index (χ0) is 17.1. The summed E-state index contributed by atoms with van der Waals surface area (Å²) < 4.78 is 0. The van der Waals surface area contributed by atoms with Crippen LogP contribution in [0.5, 0.6) is 0 Å². The third-order valence-electron chi connectivity index (χ3n) is 3.48.